The monoisotopic (exact) mass is 337 g/mol. The number of hydrogen-bond donors (Lipinski definition) is 1. The minimum Gasteiger partial charge on any atom is -0.432 e. The zero-order valence-corrected chi connectivity index (χ0v) is 13.4. The minimum atomic E-state index is -0.566. The summed E-state index contributed by atoms with van der Waals surface area (Å²) in [5.74, 6) is 0.313. The molecule has 0 aliphatic heterocycles. The van der Waals surface area contributed by atoms with Crippen molar-refractivity contribution in [3.63, 3.8) is 0 Å². The van der Waals surface area contributed by atoms with Gasteiger partial charge in [-0.15, -0.1) is 0 Å². The Morgan fingerprint density at radius 3 is 2.68 bits per heavy atom. The summed E-state index contributed by atoms with van der Waals surface area (Å²) in [4.78, 5) is 22.7. The summed E-state index contributed by atoms with van der Waals surface area (Å²) in [6.07, 6.45) is 4.25. The van der Waals surface area contributed by atoms with Gasteiger partial charge in [-0.25, -0.2) is 4.98 Å². The molecule has 0 unspecified atom stereocenters. The molecule has 1 N–H and O–H groups in total. The molecule has 3 rings (SSSR count). The van der Waals surface area contributed by atoms with Gasteiger partial charge in [0.05, 0.1) is 11.1 Å². The molecule has 0 radical (unpaired) electrons. The maximum Gasteiger partial charge on any atom is 0.373 e. The van der Waals surface area contributed by atoms with Crippen molar-refractivity contribution in [2.24, 2.45) is 0 Å². The van der Waals surface area contributed by atoms with E-state index in [4.69, 9.17) is 4.74 Å². The van der Waals surface area contributed by atoms with Crippen molar-refractivity contribution in [2.75, 3.05) is 5.32 Å². The SMILES string of the molecule is Cc1ccc(CNc2ncnc(Oc3cccnc3)c2[N+](=O)[O-])cc1. The van der Waals surface area contributed by atoms with E-state index >= 15 is 0 Å². The molecule has 126 valence electrons. The van der Waals surface area contributed by atoms with Gasteiger partial charge in [-0.1, -0.05) is 29.8 Å². The van der Waals surface area contributed by atoms with Crippen LogP contribution in [-0.2, 0) is 6.54 Å². The van der Waals surface area contributed by atoms with Crippen molar-refractivity contribution >= 4 is 11.5 Å². The third-order valence-corrected chi connectivity index (χ3v) is 3.40. The fourth-order valence-electron chi connectivity index (χ4n) is 2.14. The van der Waals surface area contributed by atoms with Crippen LogP contribution >= 0.6 is 0 Å². The van der Waals surface area contributed by atoms with Crippen LogP contribution in [0.3, 0.4) is 0 Å². The molecule has 2 heterocycles. The number of benzene rings is 1. The molecule has 0 aliphatic rings. The van der Waals surface area contributed by atoms with Crippen LogP contribution in [0.1, 0.15) is 11.1 Å². The van der Waals surface area contributed by atoms with E-state index in [1.807, 2.05) is 31.2 Å². The van der Waals surface area contributed by atoms with Crippen molar-refractivity contribution in [1.82, 2.24) is 15.0 Å². The summed E-state index contributed by atoms with van der Waals surface area (Å²) in [7, 11) is 0. The van der Waals surface area contributed by atoms with Gasteiger partial charge < -0.3 is 10.1 Å². The van der Waals surface area contributed by atoms with Gasteiger partial charge in [0.15, 0.2) is 0 Å². The first-order valence-corrected chi connectivity index (χ1v) is 7.50. The highest BCUT2D eigenvalue weighted by Crippen LogP contribution is 2.33. The van der Waals surface area contributed by atoms with Crippen molar-refractivity contribution in [3.8, 4) is 11.6 Å². The zero-order chi connectivity index (χ0) is 17.6. The van der Waals surface area contributed by atoms with Crippen LogP contribution in [0.4, 0.5) is 11.5 Å². The Morgan fingerprint density at radius 1 is 1.20 bits per heavy atom. The zero-order valence-electron chi connectivity index (χ0n) is 13.4. The average Bonchev–Trinajstić information content (AvgIpc) is 2.62. The van der Waals surface area contributed by atoms with Gasteiger partial charge in [0.25, 0.3) is 0 Å². The Balaban J connectivity index is 1.84. The van der Waals surface area contributed by atoms with Gasteiger partial charge in [0.2, 0.25) is 5.82 Å². The molecule has 3 aromatic rings. The van der Waals surface area contributed by atoms with Gasteiger partial charge in [0, 0.05) is 12.7 Å². The minimum absolute atomic E-state index is 0.0967. The molecule has 1 aromatic carbocycles. The highest BCUT2D eigenvalue weighted by Gasteiger charge is 2.25. The van der Waals surface area contributed by atoms with E-state index in [1.165, 1.54) is 12.5 Å². The molecule has 25 heavy (non-hydrogen) atoms. The van der Waals surface area contributed by atoms with E-state index in [0.29, 0.717) is 12.3 Å². The Morgan fingerprint density at radius 2 is 2.00 bits per heavy atom. The number of ether oxygens (including phenoxy) is 1. The molecule has 0 spiro atoms. The van der Waals surface area contributed by atoms with Gasteiger partial charge in [-0.2, -0.15) is 4.98 Å². The van der Waals surface area contributed by atoms with E-state index in [-0.39, 0.29) is 17.4 Å². The van der Waals surface area contributed by atoms with E-state index in [1.54, 1.807) is 18.3 Å². The molecule has 8 nitrogen and oxygen atoms in total. The molecule has 0 aliphatic carbocycles. The summed E-state index contributed by atoms with van der Waals surface area (Å²) < 4.78 is 5.48. The van der Waals surface area contributed by atoms with Crippen LogP contribution in [0.5, 0.6) is 11.6 Å². The van der Waals surface area contributed by atoms with Crippen LogP contribution in [0, 0.1) is 17.0 Å². The highest BCUT2D eigenvalue weighted by atomic mass is 16.6. The smallest absolute Gasteiger partial charge is 0.373 e. The summed E-state index contributed by atoms with van der Waals surface area (Å²) in [6, 6.07) is 11.1. The maximum atomic E-state index is 11.5. The average molecular weight is 337 g/mol. The fourth-order valence-corrected chi connectivity index (χ4v) is 2.14. The second-order valence-corrected chi connectivity index (χ2v) is 5.26. The van der Waals surface area contributed by atoms with Crippen LogP contribution in [0.2, 0.25) is 0 Å². The van der Waals surface area contributed by atoms with Gasteiger partial charge in [-0.05, 0) is 24.6 Å². The van der Waals surface area contributed by atoms with Crippen molar-refractivity contribution < 1.29 is 9.66 Å². The van der Waals surface area contributed by atoms with Crippen molar-refractivity contribution in [2.45, 2.75) is 13.5 Å². The van der Waals surface area contributed by atoms with Crippen LogP contribution in [0.25, 0.3) is 0 Å². The Bertz CT molecular complexity index is 869. The number of anilines is 1. The number of hydrogen-bond acceptors (Lipinski definition) is 7. The first-order chi connectivity index (χ1) is 12.1. The van der Waals surface area contributed by atoms with Gasteiger partial charge >= 0.3 is 11.6 Å². The van der Waals surface area contributed by atoms with Crippen LogP contribution in [0.15, 0.2) is 55.1 Å². The van der Waals surface area contributed by atoms with Crippen LogP contribution < -0.4 is 10.1 Å². The molecule has 0 atom stereocenters. The number of nitro groups is 1. The first kappa shape index (κ1) is 16.3. The third kappa shape index (κ3) is 4.05. The number of nitrogens with one attached hydrogen (secondary N) is 1. The number of rotatable bonds is 6. The topological polar surface area (TPSA) is 103 Å². The molecule has 8 heteroatoms. The van der Waals surface area contributed by atoms with Gasteiger partial charge in [-0.3, -0.25) is 15.1 Å². The summed E-state index contributed by atoms with van der Waals surface area (Å²) in [5.41, 5.74) is 1.80. The second-order valence-electron chi connectivity index (χ2n) is 5.26. The maximum absolute atomic E-state index is 11.5. The van der Waals surface area contributed by atoms with E-state index in [0.717, 1.165) is 11.1 Å². The van der Waals surface area contributed by atoms with E-state index in [9.17, 15) is 10.1 Å². The molecule has 0 saturated carbocycles. The number of aryl methyl sites for hydroxylation is 1. The normalized spacial score (nSPS) is 10.3. The van der Waals surface area contributed by atoms with Gasteiger partial charge in [0.1, 0.15) is 12.1 Å². The predicted molar refractivity (Wildman–Crippen MR) is 91.5 cm³/mol. The first-order valence-electron chi connectivity index (χ1n) is 7.50. The summed E-state index contributed by atoms with van der Waals surface area (Å²) >= 11 is 0. The van der Waals surface area contributed by atoms with Crippen LogP contribution in [-0.4, -0.2) is 19.9 Å². The van der Waals surface area contributed by atoms with Crippen molar-refractivity contribution in [3.05, 3.63) is 76.4 Å². The third-order valence-electron chi connectivity index (χ3n) is 3.40. The number of pyridine rings is 1. The highest BCUT2D eigenvalue weighted by molar-refractivity contribution is 5.61. The standard InChI is InChI=1S/C17H15N5O3/c1-12-4-6-13(7-5-12)9-19-16-15(22(23)24)17(21-11-20-16)25-14-3-2-8-18-10-14/h2-8,10-11H,9H2,1H3,(H,19,20,21). The molecule has 2 aromatic heterocycles. The molecule has 0 bridgehead atoms. The predicted octanol–water partition coefficient (Wildman–Crippen LogP) is 3.49. The Labute approximate surface area is 143 Å². The quantitative estimate of drug-likeness (QED) is 0.542. The largest absolute Gasteiger partial charge is 0.432 e. The fraction of sp³-hybridized carbons (Fsp3) is 0.118. The molecule has 0 saturated heterocycles. The lowest BCUT2D eigenvalue weighted by Crippen LogP contribution is -2.07. The molecule has 0 fully saturated rings. The Kier molecular flexibility index (Phi) is 4.79. The lowest BCUT2D eigenvalue weighted by molar-refractivity contribution is -0.385. The summed E-state index contributed by atoms with van der Waals surface area (Å²) in [5, 5.41) is 14.4. The summed E-state index contributed by atoms with van der Waals surface area (Å²) in [6.45, 7) is 2.39. The lowest BCUT2D eigenvalue weighted by Gasteiger charge is -2.09. The number of aromatic nitrogens is 3. The van der Waals surface area contributed by atoms with E-state index < -0.39 is 4.92 Å². The number of nitrogens with zero attached hydrogens (tertiary/aromatic N) is 4. The molecular formula is C17H15N5O3. The van der Waals surface area contributed by atoms with Crippen molar-refractivity contribution in [1.29, 1.82) is 0 Å². The van der Waals surface area contributed by atoms with E-state index in [2.05, 4.69) is 20.3 Å². The Hall–Kier alpha value is -3.55. The molecular weight excluding hydrogens is 322 g/mol. The second kappa shape index (κ2) is 7.35. The lowest BCUT2D eigenvalue weighted by atomic mass is 10.1. The molecule has 0 amide bonds.